The summed E-state index contributed by atoms with van der Waals surface area (Å²) >= 11 is 4.97. The van der Waals surface area contributed by atoms with Crippen molar-refractivity contribution in [1.82, 2.24) is 9.88 Å². The lowest BCUT2D eigenvalue weighted by atomic mass is 10.1. The zero-order valence-electron chi connectivity index (χ0n) is 13.9. The van der Waals surface area contributed by atoms with Crippen LogP contribution < -0.4 is 5.32 Å². The number of aromatic nitrogens is 1. The topological polar surface area (TPSA) is 78.3 Å². The Bertz CT molecular complexity index is 866. The van der Waals surface area contributed by atoms with E-state index in [1.807, 2.05) is 6.07 Å². The molecule has 2 heterocycles. The van der Waals surface area contributed by atoms with E-state index in [4.69, 9.17) is 16.6 Å². The van der Waals surface area contributed by atoms with E-state index < -0.39 is 0 Å². The largest absolute Gasteiger partial charge is 0.429 e. The van der Waals surface area contributed by atoms with E-state index in [0.717, 1.165) is 44.0 Å². The van der Waals surface area contributed by atoms with Crippen molar-refractivity contribution in [1.29, 1.82) is 0 Å². The van der Waals surface area contributed by atoms with Crippen LogP contribution in [-0.4, -0.2) is 34.3 Å². The molecule has 1 aliphatic heterocycles. The van der Waals surface area contributed by atoms with Crippen molar-refractivity contribution in [2.75, 3.05) is 11.9 Å². The van der Waals surface area contributed by atoms with Gasteiger partial charge in [-0.2, -0.15) is 0 Å². The summed E-state index contributed by atoms with van der Waals surface area (Å²) in [5.41, 5.74) is 2.05. The minimum Gasteiger partial charge on any atom is -0.429 e. The van der Waals surface area contributed by atoms with Gasteiger partial charge in [0.15, 0.2) is 5.58 Å². The molecule has 1 saturated carbocycles. The van der Waals surface area contributed by atoms with Gasteiger partial charge in [-0.25, -0.2) is 0 Å². The third kappa shape index (κ3) is 3.20. The number of nitrogens with zero attached hydrogens (tertiary/aromatic N) is 1. The number of benzene rings is 1. The lowest BCUT2D eigenvalue weighted by Gasteiger charge is -2.26. The molecule has 0 unspecified atom stereocenters. The number of likely N-dealkylation sites (tertiary alicyclic amines) is 1. The van der Waals surface area contributed by atoms with Crippen LogP contribution in [0.15, 0.2) is 22.6 Å². The maximum Gasteiger partial charge on any atom is 0.266 e. The minimum atomic E-state index is -0.374. The Balaban J connectivity index is 1.48. The molecule has 4 rings (SSSR count). The summed E-state index contributed by atoms with van der Waals surface area (Å²) in [6, 6.07) is 5.00. The van der Waals surface area contributed by atoms with Gasteiger partial charge in [0.1, 0.15) is 6.04 Å². The molecule has 2 aliphatic rings. The number of carbonyl (C=O) groups is 2. The quantitative estimate of drug-likeness (QED) is 0.821. The molecule has 7 heteroatoms. The van der Waals surface area contributed by atoms with E-state index in [0.29, 0.717) is 22.7 Å². The highest BCUT2D eigenvalue weighted by atomic mass is 32.1. The smallest absolute Gasteiger partial charge is 0.266 e. The van der Waals surface area contributed by atoms with Crippen LogP contribution in [0.3, 0.4) is 0 Å². The number of hydrogen-bond acceptors (Lipinski definition) is 4. The van der Waals surface area contributed by atoms with Crippen LogP contribution in [0, 0.1) is 10.8 Å². The Kier molecular flexibility index (Phi) is 4.33. The first kappa shape index (κ1) is 16.3. The standard InChI is InChI=1S/C18H21N3O3S/c22-16(19-12-7-8-13-15(10-12)24-18(25)20-13)14-6-3-9-21(14)17(23)11-4-1-2-5-11/h7-8,10-11,14H,1-6,9H2,(H,19,22)(H,20,25)/t14-/m1/s1. The molecule has 1 saturated heterocycles. The summed E-state index contributed by atoms with van der Waals surface area (Å²) < 4.78 is 5.39. The number of H-pyrrole nitrogens is 1. The average molecular weight is 359 g/mol. The monoisotopic (exact) mass is 359 g/mol. The van der Waals surface area contributed by atoms with Gasteiger partial charge in [0.25, 0.3) is 4.84 Å². The van der Waals surface area contributed by atoms with Crippen LogP contribution in [0.25, 0.3) is 11.1 Å². The maximum atomic E-state index is 12.7. The van der Waals surface area contributed by atoms with Crippen molar-refractivity contribution < 1.29 is 14.0 Å². The van der Waals surface area contributed by atoms with Crippen LogP contribution in [-0.2, 0) is 9.59 Å². The molecule has 1 aliphatic carbocycles. The van der Waals surface area contributed by atoms with Crippen molar-refractivity contribution in [3.05, 3.63) is 23.0 Å². The highest BCUT2D eigenvalue weighted by Gasteiger charge is 2.37. The first-order valence-electron chi connectivity index (χ1n) is 8.86. The van der Waals surface area contributed by atoms with Gasteiger partial charge in [0, 0.05) is 24.2 Å². The number of nitrogens with one attached hydrogen (secondary N) is 2. The molecular formula is C18H21N3O3S. The Labute approximate surface area is 150 Å². The molecule has 2 aromatic rings. The number of oxazole rings is 1. The minimum absolute atomic E-state index is 0.105. The summed E-state index contributed by atoms with van der Waals surface area (Å²) in [7, 11) is 0. The van der Waals surface area contributed by atoms with Crippen molar-refractivity contribution in [2.24, 2.45) is 5.92 Å². The van der Waals surface area contributed by atoms with Gasteiger partial charge < -0.3 is 19.6 Å². The normalized spacial score (nSPS) is 21.1. The van der Waals surface area contributed by atoms with Gasteiger partial charge >= 0.3 is 0 Å². The summed E-state index contributed by atoms with van der Waals surface area (Å²) in [4.78, 5) is 30.5. The highest BCUT2D eigenvalue weighted by molar-refractivity contribution is 7.71. The number of anilines is 1. The third-order valence-electron chi connectivity index (χ3n) is 5.23. The molecule has 132 valence electrons. The zero-order chi connectivity index (χ0) is 17.4. The second kappa shape index (κ2) is 6.63. The van der Waals surface area contributed by atoms with Gasteiger partial charge in [-0.1, -0.05) is 12.8 Å². The summed E-state index contributed by atoms with van der Waals surface area (Å²) in [6.07, 6.45) is 5.75. The molecule has 1 aromatic heterocycles. The van der Waals surface area contributed by atoms with Gasteiger partial charge in [-0.3, -0.25) is 9.59 Å². The molecule has 2 N–H and O–H groups in total. The summed E-state index contributed by atoms with van der Waals surface area (Å²) in [6.45, 7) is 0.679. The molecule has 0 spiro atoms. The number of aromatic amines is 1. The van der Waals surface area contributed by atoms with Crippen LogP contribution in [0.5, 0.6) is 0 Å². The molecule has 2 fully saturated rings. The predicted octanol–water partition coefficient (Wildman–Crippen LogP) is 3.61. The van der Waals surface area contributed by atoms with Crippen molar-refractivity contribution in [3.8, 4) is 0 Å². The second-order valence-corrected chi connectivity index (χ2v) is 7.26. The van der Waals surface area contributed by atoms with E-state index in [1.165, 1.54) is 0 Å². The lowest BCUT2D eigenvalue weighted by Crippen LogP contribution is -2.45. The van der Waals surface area contributed by atoms with Crippen molar-refractivity contribution >= 4 is 40.8 Å². The molecule has 1 aromatic carbocycles. The fraction of sp³-hybridized carbons (Fsp3) is 0.500. The van der Waals surface area contributed by atoms with E-state index in [2.05, 4.69) is 10.3 Å². The maximum absolute atomic E-state index is 12.7. The van der Waals surface area contributed by atoms with Crippen LogP contribution in [0.2, 0.25) is 0 Å². The molecular weight excluding hydrogens is 338 g/mol. The van der Waals surface area contributed by atoms with E-state index in [1.54, 1.807) is 17.0 Å². The van der Waals surface area contributed by atoms with Crippen LogP contribution in [0.4, 0.5) is 5.69 Å². The first-order chi connectivity index (χ1) is 12.1. The van der Waals surface area contributed by atoms with E-state index >= 15 is 0 Å². The molecule has 0 bridgehead atoms. The Morgan fingerprint density at radius 2 is 2.00 bits per heavy atom. The Morgan fingerprint density at radius 1 is 1.20 bits per heavy atom. The van der Waals surface area contributed by atoms with Crippen molar-refractivity contribution in [2.45, 2.75) is 44.6 Å². The van der Waals surface area contributed by atoms with Crippen LogP contribution in [0.1, 0.15) is 38.5 Å². The Morgan fingerprint density at radius 3 is 2.80 bits per heavy atom. The summed E-state index contributed by atoms with van der Waals surface area (Å²) in [5, 5.41) is 2.92. The molecule has 25 heavy (non-hydrogen) atoms. The SMILES string of the molecule is O=C(Nc1ccc2[nH]c(=S)oc2c1)[C@H]1CCCN1C(=O)C1CCCC1. The molecule has 2 amide bonds. The summed E-state index contributed by atoms with van der Waals surface area (Å²) in [5.74, 6) is 0.133. The number of rotatable bonds is 3. The fourth-order valence-electron chi connectivity index (χ4n) is 3.96. The number of carbonyl (C=O) groups excluding carboxylic acids is 2. The zero-order valence-corrected chi connectivity index (χ0v) is 14.7. The number of fused-ring (bicyclic) bond motifs is 1. The molecule has 0 radical (unpaired) electrons. The van der Waals surface area contributed by atoms with Gasteiger partial charge in [-0.15, -0.1) is 0 Å². The van der Waals surface area contributed by atoms with Crippen molar-refractivity contribution in [3.63, 3.8) is 0 Å². The second-order valence-electron chi connectivity index (χ2n) is 6.89. The number of hydrogen-bond donors (Lipinski definition) is 2. The van der Waals surface area contributed by atoms with Gasteiger partial charge in [-0.05, 0) is 50.0 Å². The Hall–Kier alpha value is -2.15. The lowest BCUT2D eigenvalue weighted by molar-refractivity contribution is -0.140. The number of amides is 2. The third-order valence-corrected chi connectivity index (χ3v) is 5.42. The average Bonchev–Trinajstić information content (AvgIpc) is 3.33. The predicted molar refractivity (Wildman–Crippen MR) is 96.7 cm³/mol. The fourth-order valence-corrected chi connectivity index (χ4v) is 4.16. The highest BCUT2D eigenvalue weighted by Crippen LogP contribution is 2.30. The van der Waals surface area contributed by atoms with E-state index in [-0.39, 0.29) is 23.8 Å². The first-order valence-corrected chi connectivity index (χ1v) is 9.27. The molecule has 1 atom stereocenters. The van der Waals surface area contributed by atoms with E-state index in [9.17, 15) is 9.59 Å². The molecule has 6 nitrogen and oxygen atoms in total. The van der Waals surface area contributed by atoms with Gasteiger partial charge in [0.2, 0.25) is 11.8 Å². The van der Waals surface area contributed by atoms with Crippen LogP contribution >= 0.6 is 12.2 Å². The van der Waals surface area contributed by atoms with Gasteiger partial charge in [0.05, 0.1) is 5.52 Å².